The number of nitrogens with one attached hydrogen (secondary N) is 1. The highest BCUT2D eigenvalue weighted by molar-refractivity contribution is 5.90. The van der Waals surface area contributed by atoms with Crippen molar-refractivity contribution in [3.05, 3.63) is 59.9 Å². The molecular formula is C18H19FN2O3. The van der Waals surface area contributed by atoms with E-state index in [0.717, 1.165) is 5.56 Å². The van der Waals surface area contributed by atoms with Crippen molar-refractivity contribution in [3.63, 3.8) is 0 Å². The number of rotatable bonds is 3. The Morgan fingerprint density at radius 3 is 2.83 bits per heavy atom. The summed E-state index contributed by atoms with van der Waals surface area (Å²) >= 11 is 0. The molecule has 6 heteroatoms. The van der Waals surface area contributed by atoms with E-state index in [4.69, 9.17) is 9.47 Å². The van der Waals surface area contributed by atoms with Gasteiger partial charge in [-0.15, -0.1) is 0 Å². The Balaban J connectivity index is 1.77. The van der Waals surface area contributed by atoms with Crippen LogP contribution in [0.2, 0.25) is 0 Å². The zero-order valence-electron chi connectivity index (χ0n) is 13.4. The van der Waals surface area contributed by atoms with Crippen molar-refractivity contribution in [1.82, 2.24) is 4.90 Å². The van der Waals surface area contributed by atoms with E-state index in [-0.39, 0.29) is 17.8 Å². The molecule has 0 aromatic heterocycles. The third kappa shape index (κ3) is 3.49. The van der Waals surface area contributed by atoms with E-state index in [1.54, 1.807) is 4.90 Å². The van der Waals surface area contributed by atoms with Gasteiger partial charge in [0.25, 0.3) is 0 Å². The summed E-state index contributed by atoms with van der Waals surface area (Å²) in [6.07, 6.45) is 0. The van der Waals surface area contributed by atoms with Crippen LogP contribution in [0.25, 0.3) is 0 Å². The minimum Gasteiger partial charge on any atom is -0.494 e. The van der Waals surface area contributed by atoms with Crippen molar-refractivity contribution < 1.29 is 18.7 Å². The molecule has 0 bridgehead atoms. The number of morpholine rings is 1. The molecule has 1 fully saturated rings. The first-order chi connectivity index (χ1) is 11.7. The highest BCUT2D eigenvalue weighted by atomic mass is 19.1. The first-order valence-corrected chi connectivity index (χ1v) is 7.73. The zero-order valence-corrected chi connectivity index (χ0v) is 13.4. The topological polar surface area (TPSA) is 50.8 Å². The molecule has 1 saturated heterocycles. The van der Waals surface area contributed by atoms with Crippen molar-refractivity contribution in [2.45, 2.75) is 6.04 Å². The largest absolute Gasteiger partial charge is 0.494 e. The Morgan fingerprint density at radius 2 is 2.08 bits per heavy atom. The van der Waals surface area contributed by atoms with Crippen molar-refractivity contribution in [3.8, 4) is 5.75 Å². The summed E-state index contributed by atoms with van der Waals surface area (Å²) in [5.74, 6) is -0.376. The highest BCUT2D eigenvalue weighted by Gasteiger charge is 2.28. The standard InChI is InChI=1S/C18H19FN2O3/c1-23-17-11-14(7-8-15(17)19)20-18(22)21-9-10-24-12-16(21)13-5-3-2-4-6-13/h2-8,11,16H,9-10,12H2,1H3,(H,20,22). The minimum atomic E-state index is -0.468. The molecule has 0 radical (unpaired) electrons. The van der Waals surface area contributed by atoms with Gasteiger partial charge in [-0.1, -0.05) is 30.3 Å². The number of benzene rings is 2. The van der Waals surface area contributed by atoms with Gasteiger partial charge >= 0.3 is 6.03 Å². The first-order valence-electron chi connectivity index (χ1n) is 7.73. The molecule has 1 unspecified atom stereocenters. The van der Waals surface area contributed by atoms with E-state index in [9.17, 15) is 9.18 Å². The van der Waals surface area contributed by atoms with Crippen LogP contribution in [0.3, 0.4) is 0 Å². The van der Waals surface area contributed by atoms with Gasteiger partial charge in [0.1, 0.15) is 0 Å². The van der Waals surface area contributed by atoms with E-state index in [1.807, 2.05) is 30.3 Å². The van der Waals surface area contributed by atoms with Gasteiger partial charge in [-0.2, -0.15) is 0 Å². The lowest BCUT2D eigenvalue weighted by Gasteiger charge is -2.35. The number of urea groups is 1. The molecular weight excluding hydrogens is 311 g/mol. The number of ether oxygens (including phenoxy) is 2. The van der Waals surface area contributed by atoms with Crippen molar-refractivity contribution in [2.24, 2.45) is 0 Å². The van der Waals surface area contributed by atoms with Gasteiger partial charge in [0, 0.05) is 18.3 Å². The maximum absolute atomic E-state index is 13.5. The Labute approximate surface area is 140 Å². The molecule has 0 aliphatic carbocycles. The third-order valence-corrected chi connectivity index (χ3v) is 3.98. The second-order valence-corrected chi connectivity index (χ2v) is 5.47. The Morgan fingerprint density at radius 1 is 1.29 bits per heavy atom. The number of anilines is 1. The third-order valence-electron chi connectivity index (χ3n) is 3.98. The highest BCUT2D eigenvalue weighted by Crippen LogP contribution is 2.26. The van der Waals surface area contributed by atoms with Gasteiger partial charge < -0.3 is 19.7 Å². The predicted octanol–water partition coefficient (Wildman–Crippen LogP) is 3.44. The molecule has 2 amide bonds. The van der Waals surface area contributed by atoms with Gasteiger partial charge in [0.15, 0.2) is 11.6 Å². The normalized spacial score (nSPS) is 17.4. The number of carbonyl (C=O) groups is 1. The molecule has 1 N–H and O–H groups in total. The number of halogens is 1. The predicted molar refractivity (Wildman–Crippen MR) is 88.7 cm³/mol. The Kier molecular flexibility index (Phi) is 4.96. The van der Waals surface area contributed by atoms with Gasteiger partial charge in [0.05, 0.1) is 26.4 Å². The monoisotopic (exact) mass is 330 g/mol. The van der Waals surface area contributed by atoms with Crippen LogP contribution in [0.5, 0.6) is 5.75 Å². The molecule has 2 aromatic carbocycles. The fourth-order valence-corrected chi connectivity index (χ4v) is 2.73. The quantitative estimate of drug-likeness (QED) is 0.938. The van der Waals surface area contributed by atoms with Gasteiger partial charge in [-0.05, 0) is 17.7 Å². The molecule has 1 heterocycles. The Bertz CT molecular complexity index is 709. The molecule has 0 spiro atoms. The SMILES string of the molecule is COc1cc(NC(=O)N2CCOCC2c2ccccc2)ccc1F. The number of nitrogens with zero attached hydrogens (tertiary/aromatic N) is 1. The first kappa shape index (κ1) is 16.3. The zero-order chi connectivity index (χ0) is 16.9. The number of methoxy groups -OCH3 is 1. The maximum Gasteiger partial charge on any atom is 0.322 e. The van der Waals surface area contributed by atoms with Gasteiger partial charge in [-0.25, -0.2) is 9.18 Å². The lowest BCUT2D eigenvalue weighted by atomic mass is 10.1. The smallest absolute Gasteiger partial charge is 0.322 e. The van der Waals surface area contributed by atoms with Crippen LogP contribution in [0, 0.1) is 5.82 Å². The summed E-state index contributed by atoms with van der Waals surface area (Å²) in [5, 5.41) is 2.80. The molecule has 1 atom stereocenters. The van der Waals surface area contributed by atoms with Crippen LogP contribution in [0.15, 0.2) is 48.5 Å². The second kappa shape index (κ2) is 7.31. The summed E-state index contributed by atoms with van der Waals surface area (Å²) in [5.41, 5.74) is 1.50. The van der Waals surface area contributed by atoms with E-state index in [1.165, 1.54) is 25.3 Å². The molecule has 1 aliphatic rings. The van der Waals surface area contributed by atoms with Gasteiger partial charge in [0.2, 0.25) is 0 Å². The maximum atomic E-state index is 13.5. The molecule has 126 valence electrons. The molecule has 3 rings (SSSR count). The van der Waals surface area contributed by atoms with E-state index in [2.05, 4.69) is 5.32 Å². The minimum absolute atomic E-state index is 0.0920. The number of hydrogen-bond donors (Lipinski definition) is 1. The molecule has 24 heavy (non-hydrogen) atoms. The average Bonchev–Trinajstić information content (AvgIpc) is 2.64. The van der Waals surface area contributed by atoms with Crippen LogP contribution < -0.4 is 10.1 Å². The summed E-state index contributed by atoms with van der Waals surface area (Å²) in [6.45, 7) is 1.43. The summed E-state index contributed by atoms with van der Waals surface area (Å²) in [6, 6.07) is 13.6. The van der Waals surface area contributed by atoms with Crippen LogP contribution in [0.4, 0.5) is 14.9 Å². The van der Waals surface area contributed by atoms with Crippen LogP contribution in [-0.4, -0.2) is 37.8 Å². The lowest BCUT2D eigenvalue weighted by Crippen LogP contribution is -2.45. The van der Waals surface area contributed by atoms with Crippen molar-refractivity contribution in [2.75, 3.05) is 32.2 Å². The summed E-state index contributed by atoms with van der Waals surface area (Å²) in [4.78, 5) is 14.4. The lowest BCUT2D eigenvalue weighted by molar-refractivity contribution is 0.0148. The summed E-state index contributed by atoms with van der Waals surface area (Å²) in [7, 11) is 1.39. The van der Waals surface area contributed by atoms with Crippen LogP contribution in [0.1, 0.15) is 11.6 Å². The van der Waals surface area contributed by atoms with Crippen LogP contribution in [-0.2, 0) is 4.74 Å². The molecule has 2 aromatic rings. The van der Waals surface area contributed by atoms with Crippen LogP contribution >= 0.6 is 0 Å². The average molecular weight is 330 g/mol. The van der Waals surface area contributed by atoms with E-state index < -0.39 is 5.82 Å². The summed E-state index contributed by atoms with van der Waals surface area (Å²) < 4.78 is 24.0. The fraction of sp³-hybridized carbons (Fsp3) is 0.278. The Hall–Kier alpha value is -2.60. The van der Waals surface area contributed by atoms with E-state index >= 15 is 0 Å². The second-order valence-electron chi connectivity index (χ2n) is 5.47. The van der Waals surface area contributed by atoms with Crippen molar-refractivity contribution in [1.29, 1.82) is 0 Å². The molecule has 1 aliphatic heterocycles. The van der Waals surface area contributed by atoms with Gasteiger partial charge in [-0.3, -0.25) is 0 Å². The molecule has 0 saturated carbocycles. The molecule has 5 nitrogen and oxygen atoms in total. The van der Waals surface area contributed by atoms with Crippen molar-refractivity contribution >= 4 is 11.7 Å². The number of amides is 2. The fourth-order valence-electron chi connectivity index (χ4n) is 2.73. The number of hydrogen-bond acceptors (Lipinski definition) is 3. The van der Waals surface area contributed by atoms with E-state index in [0.29, 0.717) is 25.4 Å². The number of carbonyl (C=O) groups excluding carboxylic acids is 1.